The van der Waals surface area contributed by atoms with E-state index >= 15 is 0 Å². The van der Waals surface area contributed by atoms with Gasteiger partial charge in [-0.25, -0.2) is 0 Å². The summed E-state index contributed by atoms with van der Waals surface area (Å²) in [7, 11) is 0. The summed E-state index contributed by atoms with van der Waals surface area (Å²) in [6.07, 6.45) is 0.562. The molecule has 3 nitrogen and oxygen atoms in total. The third-order valence-corrected chi connectivity index (χ3v) is 4.13. The molecule has 2 aromatic carbocycles. The minimum atomic E-state index is -0.231. The molecule has 0 aliphatic rings. The number of carbonyl (C=O) groups is 1. The van der Waals surface area contributed by atoms with E-state index < -0.39 is 0 Å². The van der Waals surface area contributed by atoms with Gasteiger partial charge >= 0.3 is 0 Å². The van der Waals surface area contributed by atoms with Crippen molar-refractivity contribution in [3.63, 3.8) is 0 Å². The number of fused-ring (bicyclic) bond motifs is 1. The van der Waals surface area contributed by atoms with Crippen LogP contribution < -0.4 is 0 Å². The molecule has 0 spiro atoms. The summed E-state index contributed by atoms with van der Waals surface area (Å²) in [5, 5.41) is 10.8. The largest absolute Gasteiger partial charge is 0.508 e. The molecule has 0 bridgehead atoms. The molecule has 3 rings (SSSR count). The Bertz CT molecular complexity index is 800. The fourth-order valence-electron chi connectivity index (χ4n) is 2.43. The van der Waals surface area contributed by atoms with Crippen LogP contribution in [0.2, 0.25) is 0 Å². The van der Waals surface area contributed by atoms with Crippen LogP contribution in [0.25, 0.3) is 11.0 Å². The van der Waals surface area contributed by atoms with Crippen molar-refractivity contribution in [3.05, 3.63) is 63.8 Å². The minimum absolute atomic E-state index is 0.125. The number of para-hydroxylation sites is 1. The van der Waals surface area contributed by atoms with Gasteiger partial charge in [0.15, 0.2) is 5.76 Å². The summed E-state index contributed by atoms with van der Waals surface area (Å²) < 4.78 is 6.28. The lowest BCUT2D eigenvalue weighted by molar-refractivity contribution is 0.101. The average Bonchev–Trinajstić information content (AvgIpc) is 2.92. The molecule has 1 heterocycles. The Balaban J connectivity index is 2.16. The van der Waals surface area contributed by atoms with Gasteiger partial charge in [-0.15, -0.1) is 0 Å². The Hall–Kier alpha value is -2.07. The maximum atomic E-state index is 12.7. The molecule has 0 fully saturated rings. The number of hydrogen-bond acceptors (Lipinski definition) is 3. The number of aromatic hydroxyl groups is 1. The zero-order valence-electron chi connectivity index (χ0n) is 11.4. The van der Waals surface area contributed by atoms with Crippen molar-refractivity contribution in [3.8, 4) is 5.75 Å². The fraction of sp³-hybridized carbons (Fsp3) is 0.118. The van der Waals surface area contributed by atoms with Crippen LogP contribution in [0.3, 0.4) is 0 Å². The maximum Gasteiger partial charge on any atom is 0.229 e. The molecule has 0 aliphatic carbocycles. The summed E-state index contributed by atoms with van der Waals surface area (Å²) in [5.41, 5.74) is 1.75. The van der Waals surface area contributed by atoms with Crippen LogP contribution in [0.5, 0.6) is 5.75 Å². The number of rotatable bonds is 3. The predicted octanol–water partition coefficient (Wildman–Crippen LogP) is 4.69. The highest BCUT2D eigenvalue weighted by Crippen LogP contribution is 2.32. The zero-order chi connectivity index (χ0) is 15.0. The Morgan fingerprint density at radius 1 is 1.24 bits per heavy atom. The topological polar surface area (TPSA) is 50.4 Å². The van der Waals surface area contributed by atoms with Crippen LogP contribution in [-0.4, -0.2) is 10.9 Å². The molecule has 4 heteroatoms. The summed E-state index contributed by atoms with van der Waals surface area (Å²) >= 11 is 3.39. The van der Waals surface area contributed by atoms with E-state index in [2.05, 4.69) is 15.9 Å². The lowest BCUT2D eigenvalue weighted by Crippen LogP contribution is -2.05. The molecular weight excluding hydrogens is 332 g/mol. The van der Waals surface area contributed by atoms with E-state index in [1.807, 2.05) is 31.2 Å². The normalized spacial score (nSPS) is 11.0. The molecule has 0 amide bonds. The summed E-state index contributed by atoms with van der Waals surface area (Å²) in [5.74, 6) is 0.170. The Labute approximate surface area is 130 Å². The summed E-state index contributed by atoms with van der Waals surface area (Å²) in [4.78, 5) is 12.7. The maximum absolute atomic E-state index is 12.7. The molecule has 0 unspecified atom stereocenters. The van der Waals surface area contributed by atoms with Crippen molar-refractivity contribution in [2.75, 3.05) is 0 Å². The van der Waals surface area contributed by atoms with E-state index in [1.54, 1.807) is 18.2 Å². The van der Waals surface area contributed by atoms with Gasteiger partial charge in [0, 0.05) is 21.0 Å². The van der Waals surface area contributed by atoms with Gasteiger partial charge in [-0.1, -0.05) is 41.1 Å². The number of phenols is 1. The number of benzene rings is 2. The van der Waals surface area contributed by atoms with Crippen molar-refractivity contribution < 1.29 is 14.3 Å². The second-order valence-corrected chi connectivity index (χ2v) is 5.61. The average molecular weight is 345 g/mol. The molecule has 0 saturated heterocycles. The third kappa shape index (κ3) is 2.36. The molecule has 106 valence electrons. The number of halogens is 1. The molecule has 0 saturated carbocycles. The second-order valence-electron chi connectivity index (χ2n) is 4.75. The van der Waals surface area contributed by atoms with Gasteiger partial charge in [0.1, 0.15) is 11.3 Å². The van der Waals surface area contributed by atoms with Crippen LogP contribution in [0.4, 0.5) is 0 Å². The molecule has 1 aromatic heterocycles. The van der Waals surface area contributed by atoms with Crippen molar-refractivity contribution in [1.29, 1.82) is 0 Å². The summed E-state index contributed by atoms with van der Waals surface area (Å²) in [6, 6.07) is 12.5. The fourth-order valence-corrected chi connectivity index (χ4v) is 2.98. The summed E-state index contributed by atoms with van der Waals surface area (Å²) in [6.45, 7) is 1.90. The van der Waals surface area contributed by atoms with Gasteiger partial charge < -0.3 is 9.52 Å². The van der Waals surface area contributed by atoms with Gasteiger partial charge in [0.05, 0.1) is 0 Å². The van der Waals surface area contributed by atoms with Crippen LogP contribution in [-0.2, 0) is 6.42 Å². The standard InChI is InChI=1S/C17H13BrO3/c1-2-11-13(19)8-7-12(18)16(11)17(20)15-9-10-5-3-4-6-14(10)21-15/h3-9,19H,2H2,1H3. The molecule has 1 N–H and O–H groups in total. The lowest BCUT2D eigenvalue weighted by atomic mass is 9.99. The van der Waals surface area contributed by atoms with Gasteiger partial charge in [-0.05, 0) is 30.7 Å². The quantitative estimate of drug-likeness (QED) is 0.701. The first-order chi connectivity index (χ1) is 10.1. The van der Waals surface area contributed by atoms with Crippen molar-refractivity contribution in [1.82, 2.24) is 0 Å². The highest BCUT2D eigenvalue weighted by molar-refractivity contribution is 9.10. The number of ketones is 1. The highest BCUT2D eigenvalue weighted by atomic mass is 79.9. The van der Waals surface area contributed by atoms with E-state index in [4.69, 9.17) is 4.42 Å². The molecule has 0 radical (unpaired) electrons. The Morgan fingerprint density at radius 2 is 2.00 bits per heavy atom. The monoisotopic (exact) mass is 344 g/mol. The molecule has 0 atom stereocenters. The number of furan rings is 1. The van der Waals surface area contributed by atoms with E-state index in [-0.39, 0.29) is 17.3 Å². The van der Waals surface area contributed by atoms with E-state index in [0.717, 1.165) is 5.39 Å². The number of phenolic OH excluding ortho intramolecular Hbond substituents is 1. The first-order valence-electron chi connectivity index (χ1n) is 6.65. The highest BCUT2D eigenvalue weighted by Gasteiger charge is 2.22. The van der Waals surface area contributed by atoms with Gasteiger partial charge in [-0.2, -0.15) is 0 Å². The molecular formula is C17H13BrO3. The van der Waals surface area contributed by atoms with Crippen molar-refractivity contribution in [2.45, 2.75) is 13.3 Å². The van der Waals surface area contributed by atoms with E-state index in [1.165, 1.54) is 0 Å². The van der Waals surface area contributed by atoms with Crippen LogP contribution in [0, 0.1) is 0 Å². The van der Waals surface area contributed by atoms with Gasteiger partial charge in [0.2, 0.25) is 5.78 Å². The molecule has 21 heavy (non-hydrogen) atoms. The van der Waals surface area contributed by atoms with Crippen LogP contribution in [0.1, 0.15) is 28.6 Å². The van der Waals surface area contributed by atoms with E-state index in [0.29, 0.717) is 27.6 Å². The van der Waals surface area contributed by atoms with Crippen LogP contribution in [0.15, 0.2) is 51.4 Å². The molecule has 0 aliphatic heterocycles. The predicted molar refractivity (Wildman–Crippen MR) is 84.8 cm³/mol. The Morgan fingerprint density at radius 3 is 2.71 bits per heavy atom. The lowest BCUT2D eigenvalue weighted by Gasteiger charge is -2.10. The van der Waals surface area contributed by atoms with E-state index in [9.17, 15) is 9.90 Å². The molecule has 3 aromatic rings. The number of carbonyl (C=O) groups excluding carboxylic acids is 1. The Kier molecular flexibility index (Phi) is 3.55. The SMILES string of the molecule is CCc1c(O)ccc(Br)c1C(=O)c1cc2ccccc2o1. The first kappa shape index (κ1) is 13.9. The second kappa shape index (κ2) is 5.37. The third-order valence-electron chi connectivity index (χ3n) is 3.47. The van der Waals surface area contributed by atoms with Gasteiger partial charge in [-0.3, -0.25) is 4.79 Å². The smallest absolute Gasteiger partial charge is 0.229 e. The first-order valence-corrected chi connectivity index (χ1v) is 7.44. The minimum Gasteiger partial charge on any atom is -0.508 e. The van der Waals surface area contributed by atoms with Crippen LogP contribution >= 0.6 is 15.9 Å². The zero-order valence-corrected chi connectivity index (χ0v) is 13.0. The van der Waals surface area contributed by atoms with Crippen molar-refractivity contribution in [2.24, 2.45) is 0 Å². The van der Waals surface area contributed by atoms with Crippen molar-refractivity contribution >= 4 is 32.7 Å². The number of hydrogen-bond donors (Lipinski definition) is 1. The van der Waals surface area contributed by atoms with Gasteiger partial charge in [0.25, 0.3) is 0 Å².